The van der Waals surface area contributed by atoms with Crippen LogP contribution >= 0.6 is 0 Å². The van der Waals surface area contributed by atoms with E-state index in [4.69, 9.17) is 0 Å². The molecule has 1 amide bonds. The first kappa shape index (κ1) is 23.1. The van der Waals surface area contributed by atoms with E-state index in [1.807, 2.05) is 0 Å². The van der Waals surface area contributed by atoms with Gasteiger partial charge in [-0.3, -0.25) is 14.9 Å². The molecule has 0 saturated carbocycles. The molecule has 2 aromatic carbocycles. The van der Waals surface area contributed by atoms with Crippen molar-refractivity contribution in [3.05, 3.63) is 63.7 Å². The summed E-state index contributed by atoms with van der Waals surface area (Å²) in [5.74, 6) is -2.28. The second-order valence-electron chi connectivity index (χ2n) is 7.92. The van der Waals surface area contributed by atoms with E-state index in [0.29, 0.717) is 24.8 Å². The number of hydrogen-bond acceptors (Lipinski definition) is 6. The lowest BCUT2D eigenvalue weighted by atomic mass is 10.1. The molecular formula is C21H22F2N4O5S. The summed E-state index contributed by atoms with van der Waals surface area (Å²) in [7, 11) is -4.23. The van der Waals surface area contributed by atoms with Crippen LogP contribution in [0, 0.1) is 21.7 Å². The number of amides is 1. The Morgan fingerprint density at radius 3 is 2.24 bits per heavy atom. The van der Waals surface area contributed by atoms with Crippen LogP contribution in [0.3, 0.4) is 0 Å². The largest absolute Gasteiger partial charge is 0.369 e. The fourth-order valence-corrected chi connectivity index (χ4v) is 5.64. The summed E-state index contributed by atoms with van der Waals surface area (Å²) in [4.78, 5) is 26.4. The molecule has 0 bridgehead atoms. The van der Waals surface area contributed by atoms with Gasteiger partial charge in [-0.1, -0.05) is 0 Å². The average molecular weight is 480 g/mol. The van der Waals surface area contributed by atoms with Gasteiger partial charge in [0.1, 0.15) is 22.1 Å². The maximum Gasteiger partial charge on any atom is 0.282 e. The smallest absolute Gasteiger partial charge is 0.282 e. The highest BCUT2D eigenvalue weighted by atomic mass is 32.2. The second kappa shape index (κ2) is 9.02. The summed E-state index contributed by atoms with van der Waals surface area (Å²) in [5, 5.41) is 11.5. The fraction of sp³-hybridized carbons (Fsp3) is 0.381. The Bertz CT molecular complexity index is 1190. The van der Waals surface area contributed by atoms with Gasteiger partial charge in [0.15, 0.2) is 0 Å². The third kappa shape index (κ3) is 4.53. The molecule has 0 spiro atoms. The van der Waals surface area contributed by atoms with Crippen LogP contribution in [0.4, 0.5) is 20.2 Å². The van der Waals surface area contributed by atoms with Crippen molar-refractivity contribution in [1.29, 1.82) is 0 Å². The van der Waals surface area contributed by atoms with Crippen molar-refractivity contribution < 1.29 is 26.9 Å². The number of nitro benzene ring substituents is 1. The first-order chi connectivity index (χ1) is 15.7. The summed E-state index contributed by atoms with van der Waals surface area (Å²) in [6, 6.07) is 6.55. The number of carbonyl (C=O) groups excluding carboxylic acids is 1. The topological polar surface area (TPSA) is 104 Å². The first-order valence-electron chi connectivity index (χ1n) is 10.5. The van der Waals surface area contributed by atoms with Crippen molar-refractivity contribution in [1.82, 2.24) is 9.21 Å². The number of carbonyl (C=O) groups is 1. The zero-order valence-electron chi connectivity index (χ0n) is 17.6. The van der Waals surface area contributed by atoms with Gasteiger partial charge in [-0.15, -0.1) is 0 Å². The first-order valence-corrected chi connectivity index (χ1v) is 11.9. The standard InChI is InChI=1S/C21H22F2N4O5S/c22-15-3-5-18(23)20(13-15)33(31,32)26-11-9-24(10-12-26)16-4-6-19(27(29)30)17(14-16)21(28)25-7-1-2-8-25/h3-6,13-14H,1-2,7-12H2. The van der Waals surface area contributed by atoms with E-state index < -0.39 is 37.4 Å². The molecule has 0 radical (unpaired) electrons. The molecular weight excluding hydrogens is 458 g/mol. The van der Waals surface area contributed by atoms with Crippen molar-refractivity contribution in [2.45, 2.75) is 17.7 Å². The number of nitro groups is 1. The van der Waals surface area contributed by atoms with Crippen LogP contribution in [0.1, 0.15) is 23.2 Å². The SMILES string of the molecule is O=C(c1cc(N2CCN(S(=O)(=O)c3cc(F)ccc3F)CC2)ccc1[N+](=O)[O-])N1CCCC1. The summed E-state index contributed by atoms with van der Waals surface area (Å²) in [5.41, 5.74) is 0.270. The normalized spacial score (nSPS) is 17.4. The number of halogens is 2. The van der Waals surface area contributed by atoms with Gasteiger partial charge < -0.3 is 9.80 Å². The molecule has 176 valence electrons. The molecule has 12 heteroatoms. The molecule has 2 aromatic rings. The van der Waals surface area contributed by atoms with Gasteiger partial charge in [0.2, 0.25) is 10.0 Å². The number of benzene rings is 2. The Morgan fingerprint density at radius 1 is 0.939 bits per heavy atom. The average Bonchev–Trinajstić information content (AvgIpc) is 3.34. The Hall–Kier alpha value is -3.12. The molecule has 0 unspecified atom stereocenters. The molecule has 4 rings (SSSR count). The van der Waals surface area contributed by atoms with Gasteiger partial charge >= 0.3 is 0 Å². The molecule has 2 aliphatic rings. The van der Waals surface area contributed by atoms with E-state index in [-0.39, 0.29) is 37.4 Å². The Balaban J connectivity index is 1.54. The van der Waals surface area contributed by atoms with Gasteiger partial charge in [0, 0.05) is 51.0 Å². The summed E-state index contributed by atoms with van der Waals surface area (Å²) < 4.78 is 54.2. The zero-order chi connectivity index (χ0) is 23.8. The van der Waals surface area contributed by atoms with Crippen LogP contribution in [0.15, 0.2) is 41.3 Å². The van der Waals surface area contributed by atoms with Crippen molar-refractivity contribution in [2.75, 3.05) is 44.2 Å². The van der Waals surface area contributed by atoms with Crippen molar-refractivity contribution >= 4 is 27.3 Å². The van der Waals surface area contributed by atoms with Crippen LogP contribution in [0.25, 0.3) is 0 Å². The Morgan fingerprint density at radius 2 is 1.61 bits per heavy atom. The van der Waals surface area contributed by atoms with Crippen LogP contribution in [0.2, 0.25) is 0 Å². The predicted molar refractivity (Wildman–Crippen MR) is 116 cm³/mol. The van der Waals surface area contributed by atoms with Crippen LogP contribution in [-0.2, 0) is 10.0 Å². The van der Waals surface area contributed by atoms with Crippen LogP contribution in [0.5, 0.6) is 0 Å². The third-order valence-corrected chi connectivity index (χ3v) is 7.83. The maximum atomic E-state index is 14.0. The lowest BCUT2D eigenvalue weighted by molar-refractivity contribution is -0.385. The Labute approximate surface area is 189 Å². The van der Waals surface area contributed by atoms with Crippen LogP contribution < -0.4 is 4.90 Å². The molecule has 2 saturated heterocycles. The van der Waals surface area contributed by atoms with E-state index in [0.717, 1.165) is 29.3 Å². The minimum atomic E-state index is -4.23. The Kier molecular flexibility index (Phi) is 6.30. The third-order valence-electron chi connectivity index (χ3n) is 5.92. The lowest BCUT2D eigenvalue weighted by Crippen LogP contribution is -2.48. The number of piperazine rings is 1. The van der Waals surface area contributed by atoms with E-state index >= 15 is 0 Å². The van der Waals surface area contributed by atoms with E-state index in [9.17, 15) is 32.1 Å². The molecule has 2 heterocycles. The highest BCUT2D eigenvalue weighted by Crippen LogP contribution is 2.29. The van der Waals surface area contributed by atoms with E-state index in [1.165, 1.54) is 18.2 Å². The van der Waals surface area contributed by atoms with Crippen molar-refractivity contribution in [2.24, 2.45) is 0 Å². The minimum absolute atomic E-state index is 0.00344. The summed E-state index contributed by atoms with van der Waals surface area (Å²) in [6.45, 7) is 1.53. The zero-order valence-corrected chi connectivity index (χ0v) is 18.4. The highest BCUT2D eigenvalue weighted by Gasteiger charge is 2.32. The summed E-state index contributed by atoms with van der Waals surface area (Å²) >= 11 is 0. The molecule has 33 heavy (non-hydrogen) atoms. The maximum absolute atomic E-state index is 14.0. The number of anilines is 1. The van der Waals surface area contributed by atoms with Gasteiger partial charge in [-0.05, 0) is 43.2 Å². The van der Waals surface area contributed by atoms with Gasteiger partial charge in [-0.25, -0.2) is 17.2 Å². The minimum Gasteiger partial charge on any atom is -0.369 e. The van der Waals surface area contributed by atoms with E-state index in [2.05, 4.69) is 0 Å². The van der Waals surface area contributed by atoms with Crippen molar-refractivity contribution in [3.63, 3.8) is 0 Å². The summed E-state index contributed by atoms with van der Waals surface area (Å²) in [6.07, 6.45) is 1.70. The number of sulfonamides is 1. The molecule has 2 fully saturated rings. The molecule has 0 N–H and O–H groups in total. The van der Waals surface area contributed by atoms with Gasteiger partial charge in [0.25, 0.3) is 11.6 Å². The lowest BCUT2D eigenvalue weighted by Gasteiger charge is -2.35. The van der Waals surface area contributed by atoms with Gasteiger partial charge in [0.05, 0.1) is 4.92 Å². The van der Waals surface area contributed by atoms with E-state index in [1.54, 1.807) is 9.80 Å². The molecule has 2 aliphatic heterocycles. The molecule has 0 aromatic heterocycles. The number of rotatable bonds is 5. The molecule has 0 atom stereocenters. The van der Waals surface area contributed by atoms with Crippen LogP contribution in [-0.4, -0.2) is 67.7 Å². The molecule has 0 aliphatic carbocycles. The van der Waals surface area contributed by atoms with Crippen molar-refractivity contribution in [3.8, 4) is 0 Å². The second-order valence-corrected chi connectivity index (χ2v) is 9.83. The highest BCUT2D eigenvalue weighted by molar-refractivity contribution is 7.89. The van der Waals surface area contributed by atoms with Gasteiger partial charge in [-0.2, -0.15) is 4.31 Å². The monoisotopic (exact) mass is 480 g/mol. The number of hydrogen-bond donors (Lipinski definition) is 0. The predicted octanol–water partition coefficient (Wildman–Crippen LogP) is 2.62. The fourth-order valence-electron chi connectivity index (χ4n) is 4.14. The number of nitrogens with zero attached hydrogens (tertiary/aromatic N) is 4. The quantitative estimate of drug-likeness (QED) is 0.481. The molecule has 9 nitrogen and oxygen atoms in total. The number of likely N-dealkylation sites (tertiary alicyclic amines) is 1.